The second-order valence-corrected chi connectivity index (χ2v) is 8.62. The molecule has 2 N–H and O–H groups in total. The molecule has 2 aromatic rings. The van der Waals surface area contributed by atoms with Crippen LogP contribution in [0.25, 0.3) is 0 Å². The molecule has 1 aliphatic heterocycles. The molecule has 1 fully saturated rings. The van der Waals surface area contributed by atoms with E-state index >= 15 is 0 Å². The lowest BCUT2D eigenvalue weighted by atomic mass is 10.1. The van der Waals surface area contributed by atoms with Crippen molar-refractivity contribution in [2.45, 2.75) is 13.3 Å². The van der Waals surface area contributed by atoms with E-state index in [4.69, 9.17) is 16.3 Å². The van der Waals surface area contributed by atoms with Crippen molar-refractivity contribution in [1.82, 2.24) is 10.4 Å². The number of esters is 1. The van der Waals surface area contributed by atoms with Crippen LogP contribution in [0.4, 0.5) is 11.4 Å². The number of carbonyl (C=O) groups excluding carboxylic acids is 4. The number of hydrogen-bond donors (Lipinski definition) is 2. The van der Waals surface area contributed by atoms with E-state index in [1.54, 1.807) is 19.1 Å². The molecule has 0 unspecified atom stereocenters. The molecular formula is C21H18BrClN4O7. The SMILES string of the molecule is Cc1cc(Br)c(Cl)cc1NC(=O)COC(=O)[C@H]1CC(=O)N(NC(=O)c2ccccc2[N+](=O)[O-])C1. The summed E-state index contributed by atoms with van der Waals surface area (Å²) in [5.74, 6) is -3.75. The monoisotopic (exact) mass is 552 g/mol. The number of ether oxygens (including phenoxy) is 1. The molecule has 0 saturated carbocycles. The predicted octanol–water partition coefficient (Wildman–Crippen LogP) is 2.99. The van der Waals surface area contributed by atoms with Crippen LogP contribution in [0.15, 0.2) is 40.9 Å². The van der Waals surface area contributed by atoms with E-state index in [0.717, 1.165) is 16.6 Å². The number of halogens is 2. The van der Waals surface area contributed by atoms with Gasteiger partial charge in [-0.3, -0.25) is 39.7 Å². The third kappa shape index (κ3) is 5.88. The van der Waals surface area contributed by atoms with Gasteiger partial charge >= 0.3 is 5.97 Å². The highest BCUT2D eigenvalue weighted by Crippen LogP contribution is 2.29. The Bertz CT molecular complexity index is 1190. The Kier molecular flexibility index (Phi) is 7.84. The van der Waals surface area contributed by atoms with Crippen molar-refractivity contribution in [2.24, 2.45) is 5.92 Å². The maximum absolute atomic E-state index is 12.4. The Morgan fingerprint density at radius 3 is 2.71 bits per heavy atom. The van der Waals surface area contributed by atoms with Gasteiger partial charge in [0, 0.05) is 22.6 Å². The van der Waals surface area contributed by atoms with Gasteiger partial charge in [-0.2, -0.15) is 0 Å². The van der Waals surface area contributed by atoms with Crippen molar-refractivity contribution in [3.05, 3.63) is 67.1 Å². The van der Waals surface area contributed by atoms with Crippen LogP contribution in [0.5, 0.6) is 0 Å². The number of rotatable bonds is 7. The van der Waals surface area contributed by atoms with Crippen molar-refractivity contribution in [3.8, 4) is 0 Å². The summed E-state index contributed by atoms with van der Waals surface area (Å²) in [6.45, 7) is 0.978. The van der Waals surface area contributed by atoms with Crippen LogP contribution in [0.3, 0.4) is 0 Å². The highest BCUT2D eigenvalue weighted by Gasteiger charge is 2.37. The molecule has 34 heavy (non-hydrogen) atoms. The fourth-order valence-corrected chi connectivity index (χ4v) is 3.82. The Morgan fingerprint density at radius 2 is 2.00 bits per heavy atom. The fourth-order valence-electron chi connectivity index (χ4n) is 3.20. The first kappa shape index (κ1) is 25.1. The number of para-hydroxylation sites is 1. The molecule has 0 spiro atoms. The first-order valence-corrected chi connectivity index (χ1v) is 11.0. The number of nitrogens with zero attached hydrogens (tertiary/aromatic N) is 2. The fraction of sp³-hybridized carbons (Fsp3) is 0.238. The molecule has 2 aromatic carbocycles. The molecule has 1 atom stereocenters. The van der Waals surface area contributed by atoms with Gasteiger partial charge in [-0.1, -0.05) is 23.7 Å². The van der Waals surface area contributed by atoms with Crippen LogP contribution in [-0.4, -0.2) is 46.8 Å². The lowest BCUT2D eigenvalue weighted by Crippen LogP contribution is -2.43. The summed E-state index contributed by atoms with van der Waals surface area (Å²) in [5.41, 5.74) is 2.82. The zero-order valence-electron chi connectivity index (χ0n) is 17.7. The maximum Gasteiger partial charge on any atom is 0.311 e. The summed E-state index contributed by atoms with van der Waals surface area (Å²) in [6, 6.07) is 8.54. The van der Waals surface area contributed by atoms with E-state index in [9.17, 15) is 29.3 Å². The zero-order chi connectivity index (χ0) is 25.0. The third-order valence-electron chi connectivity index (χ3n) is 4.93. The molecule has 1 saturated heterocycles. The standard InChI is InChI=1S/C21H18BrClN4O7/c1-11-6-14(22)15(23)8-16(11)24-18(28)10-34-21(31)12-7-19(29)26(9-12)25-20(30)13-4-2-3-5-17(13)27(32)33/h2-6,8,12H,7,9-10H2,1H3,(H,24,28)(H,25,30)/t12-/m0/s1. The number of carbonyl (C=O) groups is 4. The molecule has 0 aliphatic carbocycles. The van der Waals surface area contributed by atoms with Crippen LogP contribution < -0.4 is 10.7 Å². The number of anilines is 1. The Hall–Kier alpha value is -3.51. The molecule has 1 heterocycles. The lowest BCUT2D eigenvalue weighted by molar-refractivity contribution is -0.385. The number of hydrogen-bond acceptors (Lipinski definition) is 7. The Balaban J connectivity index is 1.54. The minimum atomic E-state index is -0.921. The largest absolute Gasteiger partial charge is 0.455 e. The number of hydrazine groups is 1. The average Bonchev–Trinajstić information content (AvgIpc) is 3.15. The molecule has 0 aromatic heterocycles. The summed E-state index contributed by atoms with van der Waals surface area (Å²) >= 11 is 9.31. The van der Waals surface area contributed by atoms with Gasteiger partial charge in [0.25, 0.3) is 17.5 Å². The molecule has 11 nitrogen and oxygen atoms in total. The molecule has 0 radical (unpaired) electrons. The number of aryl methyl sites for hydroxylation is 1. The van der Waals surface area contributed by atoms with Crippen LogP contribution >= 0.6 is 27.5 Å². The van der Waals surface area contributed by atoms with E-state index in [0.29, 0.717) is 15.2 Å². The molecular weight excluding hydrogens is 536 g/mol. The topological polar surface area (TPSA) is 148 Å². The predicted molar refractivity (Wildman–Crippen MR) is 124 cm³/mol. The summed E-state index contributed by atoms with van der Waals surface area (Å²) in [5, 5.41) is 15.0. The first-order valence-electron chi connectivity index (χ1n) is 9.83. The number of amides is 3. The van der Waals surface area contributed by atoms with Crippen molar-refractivity contribution in [2.75, 3.05) is 18.5 Å². The summed E-state index contributed by atoms with van der Waals surface area (Å²) < 4.78 is 5.68. The van der Waals surface area contributed by atoms with E-state index in [1.807, 2.05) is 0 Å². The number of benzene rings is 2. The molecule has 13 heteroatoms. The summed E-state index contributed by atoms with van der Waals surface area (Å²) in [4.78, 5) is 59.5. The Morgan fingerprint density at radius 1 is 1.29 bits per heavy atom. The van der Waals surface area contributed by atoms with Gasteiger partial charge in [0.2, 0.25) is 5.91 Å². The molecule has 3 amide bonds. The van der Waals surface area contributed by atoms with Gasteiger partial charge < -0.3 is 10.1 Å². The summed E-state index contributed by atoms with van der Waals surface area (Å²) in [7, 11) is 0. The van der Waals surface area contributed by atoms with Crippen LogP contribution in [-0.2, 0) is 19.1 Å². The molecule has 178 valence electrons. The molecule has 3 rings (SSSR count). The van der Waals surface area contributed by atoms with Gasteiger partial charge in [-0.25, -0.2) is 0 Å². The first-order chi connectivity index (χ1) is 16.1. The van der Waals surface area contributed by atoms with Crippen molar-refractivity contribution < 1.29 is 28.8 Å². The maximum atomic E-state index is 12.4. The quantitative estimate of drug-likeness (QED) is 0.304. The molecule has 0 bridgehead atoms. The van der Waals surface area contributed by atoms with Crippen LogP contribution in [0, 0.1) is 23.0 Å². The van der Waals surface area contributed by atoms with Gasteiger partial charge in [0.1, 0.15) is 5.56 Å². The van der Waals surface area contributed by atoms with Gasteiger partial charge in [-0.05, 0) is 46.6 Å². The van der Waals surface area contributed by atoms with E-state index in [1.165, 1.54) is 18.2 Å². The smallest absolute Gasteiger partial charge is 0.311 e. The normalized spacial score (nSPS) is 15.1. The van der Waals surface area contributed by atoms with Crippen molar-refractivity contribution in [3.63, 3.8) is 0 Å². The van der Waals surface area contributed by atoms with Crippen LogP contribution in [0.2, 0.25) is 5.02 Å². The van der Waals surface area contributed by atoms with Gasteiger partial charge in [-0.15, -0.1) is 0 Å². The van der Waals surface area contributed by atoms with E-state index in [2.05, 4.69) is 26.7 Å². The number of nitro benzene ring substituents is 1. The highest BCUT2D eigenvalue weighted by atomic mass is 79.9. The number of nitrogens with one attached hydrogen (secondary N) is 2. The van der Waals surface area contributed by atoms with Crippen LogP contribution in [0.1, 0.15) is 22.3 Å². The van der Waals surface area contributed by atoms with Gasteiger partial charge in [0.15, 0.2) is 6.61 Å². The summed E-state index contributed by atoms with van der Waals surface area (Å²) in [6.07, 6.45) is -0.251. The van der Waals surface area contributed by atoms with Crippen molar-refractivity contribution >= 4 is 62.6 Å². The minimum Gasteiger partial charge on any atom is -0.455 e. The zero-order valence-corrected chi connectivity index (χ0v) is 20.0. The number of nitro groups is 1. The highest BCUT2D eigenvalue weighted by molar-refractivity contribution is 9.10. The molecule has 1 aliphatic rings. The average molecular weight is 554 g/mol. The van der Waals surface area contributed by atoms with Crippen molar-refractivity contribution in [1.29, 1.82) is 0 Å². The lowest BCUT2D eigenvalue weighted by Gasteiger charge is -2.17. The van der Waals surface area contributed by atoms with E-state index < -0.39 is 46.8 Å². The minimum absolute atomic E-state index is 0.201. The second kappa shape index (κ2) is 10.6. The second-order valence-electron chi connectivity index (χ2n) is 7.36. The third-order valence-corrected chi connectivity index (χ3v) is 6.12. The Labute approximate surface area is 206 Å². The van der Waals surface area contributed by atoms with E-state index in [-0.39, 0.29) is 18.5 Å². The van der Waals surface area contributed by atoms with Gasteiger partial charge in [0.05, 0.1) is 22.4 Å².